The van der Waals surface area contributed by atoms with E-state index in [4.69, 9.17) is 10.2 Å². The van der Waals surface area contributed by atoms with E-state index in [1.54, 1.807) is 36.9 Å². The molecule has 0 saturated carbocycles. The molecule has 0 saturated heterocycles. The van der Waals surface area contributed by atoms with E-state index >= 15 is 0 Å². The molecule has 2 N–H and O–H groups in total. The van der Waals surface area contributed by atoms with E-state index in [1.807, 2.05) is 6.07 Å². The van der Waals surface area contributed by atoms with Gasteiger partial charge in [0.2, 0.25) is 0 Å². The maximum absolute atomic E-state index is 12.4. The number of nitrogens with two attached hydrogens (primary N) is 1. The van der Waals surface area contributed by atoms with E-state index in [9.17, 15) is 4.79 Å². The van der Waals surface area contributed by atoms with Crippen LogP contribution >= 0.6 is 11.3 Å². The first-order valence-electron chi connectivity index (χ1n) is 5.92. The lowest BCUT2D eigenvalue weighted by Crippen LogP contribution is -2.25. The van der Waals surface area contributed by atoms with E-state index in [1.165, 1.54) is 11.3 Å². The number of hydrogen-bond acceptors (Lipinski definition) is 6. The topological polar surface area (TPSA) is 85.2 Å². The van der Waals surface area contributed by atoms with E-state index < -0.39 is 0 Å². The van der Waals surface area contributed by atoms with Crippen LogP contribution in [-0.2, 0) is 6.54 Å². The number of nitrogen functional groups attached to an aromatic ring is 1. The van der Waals surface area contributed by atoms with Gasteiger partial charge in [0.15, 0.2) is 0 Å². The molecule has 0 fully saturated rings. The van der Waals surface area contributed by atoms with Gasteiger partial charge in [-0.05, 0) is 6.07 Å². The van der Waals surface area contributed by atoms with Crippen LogP contribution in [0, 0.1) is 0 Å². The first-order valence-corrected chi connectivity index (χ1v) is 6.74. The summed E-state index contributed by atoms with van der Waals surface area (Å²) in [5, 5.41) is 0. The lowest BCUT2D eigenvalue weighted by Gasteiger charge is -2.15. The van der Waals surface area contributed by atoms with Gasteiger partial charge in [-0.3, -0.25) is 4.79 Å². The van der Waals surface area contributed by atoms with Crippen LogP contribution in [0.1, 0.15) is 15.2 Å². The van der Waals surface area contributed by atoms with E-state index in [0.29, 0.717) is 27.5 Å². The maximum Gasteiger partial charge on any atom is 0.266 e. The van der Waals surface area contributed by atoms with Crippen molar-refractivity contribution in [2.75, 3.05) is 12.8 Å². The molecular weight excluding hydrogens is 276 g/mol. The zero-order valence-corrected chi connectivity index (χ0v) is 11.6. The smallest absolute Gasteiger partial charge is 0.266 e. The zero-order chi connectivity index (χ0) is 14.1. The van der Waals surface area contributed by atoms with Crippen molar-refractivity contribution >= 4 is 33.3 Å². The summed E-state index contributed by atoms with van der Waals surface area (Å²) in [6, 6.07) is 1.82. The number of carbonyl (C=O) groups is 1. The summed E-state index contributed by atoms with van der Waals surface area (Å²) in [5.74, 6) is -0.145. The molecule has 0 bridgehead atoms. The van der Waals surface area contributed by atoms with Crippen LogP contribution in [0.2, 0.25) is 0 Å². The summed E-state index contributed by atoms with van der Waals surface area (Å²) in [5.41, 5.74) is 7.89. The van der Waals surface area contributed by atoms with Crippen molar-refractivity contribution in [2.24, 2.45) is 0 Å². The monoisotopic (exact) mass is 288 g/mol. The van der Waals surface area contributed by atoms with Crippen molar-refractivity contribution in [2.45, 2.75) is 6.54 Å². The van der Waals surface area contributed by atoms with Crippen molar-refractivity contribution in [1.82, 2.24) is 14.9 Å². The third-order valence-corrected chi connectivity index (χ3v) is 3.99. The molecule has 0 aliphatic heterocycles. The van der Waals surface area contributed by atoms with Gasteiger partial charge in [-0.25, -0.2) is 9.97 Å². The van der Waals surface area contributed by atoms with Crippen LogP contribution in [0.15, 0.2) is 35.4 Å². The third-order valence-electron chi connectivity index (χ3n) is 2.90. The van der Waals surface area contributed by atoms with Crippen molar-refractivity contribution in [3.05, 3.63) is 41.4 Å². The molecule has 7 heteroatoms. The Morgan fingerprint density at radius 2 is 2.25 bits per heavy atom. The Bertz CT molecular complexity index is 751. The molecule has 0 atom stereocenters. The third kappa shape index (κ3) is 2.12. The minimum Gasteiger partial charge on any atom is -0.472 e. The molecule has 3 heterocycles. The average Bonchev–Trinajstić information content (AvgIpc) is 3.07. The van der Waals surface area contributed by atoms with Gasteiger partial charge in [-0.1, -0.05) is 0 Å². The van der Waals surface area contributed by atoms with Crippen LogP contribution in [-0.4, -0.2) is 27.8 Å². The Hall–Kier alpha value is -2.41. The minimum absolute atomic E-state index is 0.145. The van der Waals surface area contributed by atoms with Gasteiger partial charge >= 0.3 is 0 Å². The number of fused-ring (bicyclic) bond motifs is 1. The van der Waals surface area contributed by atoms with Gasteiger partial charge in [-0.2, -0.15) is 0 Å². The summed E-state index contributed by atoms with van der Waals surface area (Å²) in [6.45, 7) is 0.462. The molecule has 0 unspecified atom stereocenters. The lowest BCUT2D eigenvalue weighted by atomic mass is 10.3. The van der Waals surface area contributed by atoms with Crippen molar-refractivity contribution in [3.8, 4) is 0 Å². The van der Waals surface area contributed by atoms with Crippen molar-refractivity contribution in [1.29, 1.82) is 0 Å². The van der Waals surface area contributed by atoms with Crippen molar-refractivity contribution in [3.63, 3.8) is 0 Å². The van der Waals surface area contributed by atoms with E-state index in [0.717, 1.165) is 5.56 Å². The van der Waals surface area contributed by atoms with Gasteiger partial charge in [0.1, 0.15) is 15.2 Å². The number of furan rings is 1. The number of anilines is 1. The molecule has 6 nitrogen and oxygen atoms in total. The highest BCUT2D eigenvalue weighted by Gasteiger charge is 2.21. The molecule has 0 radical (unpaired) electrons. The molecule has 3 aromatic rings. The molecule has 3 aromatic heterocycles. The van der Waals surface area contributed by atoms with Crippen LogP contribution in [0.25, 0.3) is 10.3 Å². The van der Waals surface area contributed by atoms with Gasteiger partial charge in [0, 0.05) is 31.5 Å². The van der Waals surface area contributed by atoms with Gasteiger partial charge in [-0.15, -0.1) is 11.3 Å². The van der Waals surface area contributed by atoms with Gasteiger partial charge in [0.25, 0.3) is 5.91 Å². The quantitative estimate of drug-likeness (QED) is 0.798. The standard InChI is InChI=1S/C13H12N4O2S/c1-17(6-8-2-5-19-7-8)13(18)11-9(14)10-12(20-11)16-4-3-15-10/h2-5,7H,6,14H2,1H3. The second-order valence-corrected chi connectivity index (χ2v) is 5.35. The Labute approximate surface area is 118 Å². The number of nitrogens with zero attached hydrogens (tertiary/aromatic N) is 3. The molecule has 102 valence electrons. The summed E-state index contributed by atoms with van der Waals surface area (Å²) in [7, 11) is 1.72. The molecular formula is C13H12N4O2S. The number of thiophene rings is 1. The predicted octanol–water partition coefficient (Wildman–Crippen LogP) is 2.14. The molecule has 0 aliphatic carbocycles. The fourth-order valence-electron chi connectivity index (χ4n) is 1.90. The minimum atomic E-state index is -0.145. The first-order chi connectivity index (χ1) is 9.66. The van der Waals surface area contributed by atoms with Crippen molar-refractivity contribution < 1.29 is 9.21 Å². The second kappa shape index (κ2) is 4.93. The number of amides is 1. The highest BCUT2D eigenvalue weighted by Crippen LogP contribution is 2.31. The summed E-state index contributed by atoms with van der Waals surface area (Å²) >= 11 is 1.26. The van der Waals surface area contributed by atoms with Crippen LogP contribution in [0.5, 0.6) is 0 Å². The highest BCUT2D eigenvalue weighted by molar-refractivity contribution is 7.21. The molecule has 0 aromatic carbocycles. The van der Waals surface area contributed by atoms with Crippen LogP contribution in [0.3, 0.4) is 0 Å². The Morgan fingerprint density at radius 3 is 2.95 bits per heavy atom. The summed E-state index contributed by atoms with van der Waals surface area (Å²) in [6.07, 6.45) is 6.34. The maximum atomic E-state index is 12.4. The molecule has 0 aliphatic rings. The predicted molar refractivity (Wildman–Crippen MR) is 76.3 cm³/mol. The zero-order valence-electron chi connectivity index (χ0n) is 10.7. The lowest BCUT2D eigenvalue weighted by molar-refractivity contribution is 0.0790. The van der Waals surface area contributed by atoms with Crippen LogP contribution < -0.4 is 5.73 Å². The Balaban J connectivity index is 1.90. The largest absolute Gasteiger partial charge is 0.472 e. The molecule has 1 amide bonds. The van der Waals surface area contributed by atoms with Gasteiger partial charge < -0.3 is 15.1 Å². The number of carbonyl (C=O) groups excluding carboxylic acids is 1. The number of aromatic nitrogens is 2. The normalized spacial score (nSPS) is 10.8. The Morgan fingerprint density at radius 1 is 1.45 bits per heavy atom. The number of hydrogen-bond donors (Lipinski definition) is 1. The Kier molecular flexibility index (Phi) is 3.11. The molecule has 0 spiro atoms. The number of rotatable bonds is 3. The first kappa shape index (κ1) is 12.6. The molecule has 20 heavy (non-hydrogen) atoms. The SMILES string of the molecule is CN(Cc1ccoc1)C(=O)c1sc2nccnc2c1N. The fourth-order valence-corrected chi connectivity index (χ4v) is 2.92. The second-order valence-electron chi connectivity index (χ2n) is 4.35. The average molecular weight is 288 g/mol. The fraction of sp³-hybridized carbons (Fsp3) is 0.154. The van der Waals surface area contributed by atoms with Crippen LogP contribution in [0.4, 0.5) is 5.69 Å². The summed E-state index contributed by atoms with van der Waals surface area (Å²) < 4.78 is 4.99. The summed E-state index contributed by atoms with van der Waals surface area (Å²) in [4.78, 5) is 23.5. The van der Waals surface area contributed by atoms with Gasteiger partial charge in [0.05, 0.1) is 18.2 Å². The van der Waals surface area contributed by atoms with E-state index in [-0.39, 0.29) is 5.91 Å². The highest BCUT2D eigenvalue weighted by atomic mass is 32.1. The molecule has 3 rings (SSSR count). The van der Waals surface area contributed by atoms with E-state index in [2.05, 4.69) is 9.97 Å².